The highest BCUT2D eigenvalue weighted by Gasteiger charge is 2.27. The summed E-state index contributed by atoms with van der Waals surface area (Å²) in [4.78, 5) is 26.2. The molecule has 1 fully saturated rings. The predicted molar refractivity (Wildman–Crippen MR) is 110 cm³/mol. The minimum Gasteiger partial charge on any atom is -0.493 e. The quantitative estimate of drug-likeness (QED) is 0.623. The van der Waals surface area contributed by atoms with Crippen molar-refractivity contribution >= 4 is 17.3 Å². The van der Waals surface area contributed by atoms with Crippen LogP contribution >= 0.6 is 0 Å². The molecule has 7 nitrogen and oxygen atoms in total. The number of fused-ring (bicyclic) bond motifs is 1. The van der Waals surface area contributed by atoms with Crippen molar-refractivity contribution in [2.24, 2.45) is 5.92 Å². The van der Waals surface area contributed by atoms with Gasteiger partial charge in [-0.05, 0) is 37.0 Å². The van der Waals surface area contributed by atoms with Crippen molar-refractivity contribution in [3.8, 4) is 5.75 Å². The van der Waals surface area contributed by atoms with Crippen molar-refractivity contribution in [2.75, 3.05) is 24.6 Å². The van der Waals surface area contributed by atoms with Gasteiger partial charge < -0.3 is 15.0 Å². The molecule has 0 aliphatic carbocycles. The number of nitrogens with one attached hydrogen (secondary N) is 1. The molecule has 2 heterocycles. The van der Waals surface area contributed by atoms with Crippen LogP contribution in [0.15, 0.2) is 42.5 Å². The highest BCUT2D eigenvalue weighted by molar-refractivity contribution is 5.96. The molecule has 0 saturated carbocycles. The first-order valence-electron chi connectivity index (χ1n) is 10.1. The molecule has 0 radical (unpaired) electrons. The highest BCUT2D eigenvalue weighted by Crippen LogP contribution is 2.34. The Morgan fingerprint density at radius 3 is 2.86 bits per heavy atom. The Balaban J connectivity index is 1.57. The minimum absolute atomic E-state index is 0.0147. The molecule has 4 rings (SSSR count). The average molecular weight is 395 g/mol. The third-order valence-corrected chi connectivity index (χ3v) is 5.70. The van der Waals surface area contributed by atoms with Gasteiger partial charge in [-0.25, -0.2) is 0 Å². The van der Waals surface area contributed by atoms with Crippen LogP contribution in [0.3, 0.4) is 0 Å². The largest absolute Gasteiger partial charge is 0.493 e. The molecule has 1 N–H and O–H groups in total. The summed E-state index contributed by atoms with van der Waals surface area (Å²) < 4.78 is 5.64. The van der Waals surface area contributed by atoms with Gasteiger partial charge in [0.15, 0.2) is 0 Å². The number of hydrogen-bond acceptors (Lipinski definition) is 5. The first kappa shape index (κ1) is 19.2. The maximum atomic E-state index is 12.8. The second kappa shape index (κ2) is 8.11. The van der Waals surface area contributed by atoms with Gasteiger partial charge >= 0.3 is 0 Å². The van der Waals surface area contributed by atoms with Crippen LogP contribution in [0.4, 0.5) is 11.4 Å². The molecule has 2 aromatic carbocycles. The van der Waals surface area contributed by atoms with Crippen LogP contribution in [0.1, 0.15) is 48.1 Å². The number of amides is 1. The summed E-state index contributed by atoms with van der Waals surface area (Å²) in [5, 5.41) is 14.7. The molecule has 2 aliphatic heterocycles. The Labute approximate surface area is 169 Å². The summed E-state index contributed by atoms with van der Waals surface area (Å²) in [5.74, 6) is 0.956. The first-order chi connectivity index (χ1) is 14.0. The van der Waals surface area contributed by atoms with Gasteiger partial charge in [0, 0.05) is 36.7 Å². The monoisotopic (exact) mass is 395 g/mol. The molecule has 1 saturated heterocycles. The Bertz CT molecular complexity index is 930. The lowest BCUT2D eigenvalue weighted by Gasteiger charge is -2.32. The van der Waals surface area contributed by atoms with E-state index in [-0.39, 0.29) is 17.6 Å². The maximum absolute atomic E-state index is 12.8. The highest BCUT2D eigenvalue weighted by atomic mass is 16.6. The zero-order chi connectivity index (χ0) is 20.4. The smallest absolute Gasteiger partial charge is 0.293 e. The van der Waals surface area contributed by atoms with E-state index in [0.29, 0.717) is 30.2 Å². The van der Waals surface area contributed by atoms with E-state index in [0.717, 1.165) is 37.2 Å². The Hall–Kier alpha value is -3.09. The maximum Gasteiger partial charge on any atom is 0.293 e. The lowest BCUT2D eigenvalue weighted by molar-refractivity contribution is -0.384. The van der Waals surface area contributed by atoms with Crippen LogP contribution in [-0.2, 0) is 0 Å². The summed E-state index contributed by atoms with van der Waals surface area (Å²) in [6, 6.07) is 12.2. The first-order valence-corrected chi connectivity index (χ1v) is 10.1. The lowest BCUT2D eigenvalue weighted by Crippen LogP contribution is -2.35. The number of benzene rings is 2. The molecule has 7 heteroatoms. The van der Waals surface area contributed by atoms with Crippen molar-refractivity contribution in [2.45, 2.75) is 32.2 Å². The molecular weight excluding hydrogens is 370 g/mol. The molecule has 2 aromatic rings. The Morgan fingerprint density at radius 1 is 1.24 bits per heavy atom. The predicted octanol–water partition coefficient (Wildman–Crippen LogP) is 4.08. The fourth-order valence-electron chi connectivity index (χ4n) is 4.22. The standard InChI is InChI=1S/C22H25N3O4/c1-15-5-4-11-24(14-15)19-9-8-16(13-20(19)25(27)28)22(26)23-18-10-12-29-21-7-3-2-6-17(18)21/h2-3,6-9,13,15,18H,4-5,10-12,14H2,1H3,(H,23,26)/t15-,18+/m0/s1. The number of anilines is 1. The molecule has 0 spiro atoms. The number of piperidine rings is 1. The second-order valence-corrected chi connectivity index (χ2v) is 7.86. The zero-order valence-corrected chi connectivity index (χ0v) is 16.5. The summed E-state index contributed by atoms with van der Waals surface area (Å²) >= 11 is 0. The second-order valence-electron chi connectivity index (χ2n) is 7.86. The SMILES string of the molecule is C[C@H]1CCCN(c2ccc(C(=O)N[C@@H]3CCOc4ccccc43)cc2[N+](=O)[O-])C1. The van der Waals surface area contributed by atoms with E-state index in [1.165, 1.54) is 6.07 Å². The van der Waals surface area contributed by atoms with Crippen molar-refractivity contribution in [1.82, 2.24) is 5.32 Å². The lowest BCUT2D eigenvalue weighted by atomic mass is 9.98. The molecule has 0 bridgehead atoms. The van der Waals surface area contributed by atoms with Gasteiger partial charge in [-0.1, -0.05) is 25.1 Å². The van der Waals surface area contributed by atoms with Gasteiger partial charge in [-0.15, -0.1) is 0 Å². The average Bonchev–Trinajstić information content (AvgIpc) is 2.73. The third kappa shape index (κ3) is 4.04. The van der Waals surface area contributed by atoms with E-state index in [9.17, 15) is 14.9 Å². The minimum atomic E-state index is -0.394. The van der Waals surface area contributed by atoms with Gasteiger partial charge in [0.1, 0.15) is 11.4 Å². The van der Waals surface area contributed by atoms with Crippen LogP contribution < -0.4 is 15.0 Å². The van der Waals surface area contributed by atoms with E-state index in [2.05, 4.69) is 17.1 Å². The van der Waals surface area contributed by atoms with Gasteiger partial charge in [0.05, 0.1) is 17.6 Å². The molecule has 0 aromatic heterocycles. The Morgan fingerprint density at radius 2 is 2.07 bits per heavy atom. The fraction of sp³-hybridized carbons (Fsp3) is 0.409. The van der Waals surface area contributed by atoms with E-state index in [4.69, 9.17) is 4.74 Å². The summed E-state index contributed by atoms with van der Waals surface area (Å²) in [6.45, 7) is 4.28. The van der Waals surface area contributed by atoms with E-state index >= 15 is 0 Å². The number of nitro benzene ring substituents is 1. The van der Waals surface area contributed by atoms with Crippen molar-refractivity contribution in [3.63, 3.8) is 0 Å². The molecule has 2 aliphatic rings. The fourth-order valence-corrected chi connectivity index (χ4v) is 4.22. The number of hydrogen-bond donors (Lipinski definition) is 1. The van der Waals surface area contributed by atoms with Crippen molar-refractivity contribution in [3.05, 3.63) is 63.7 Å². The topological polar surface area (TPSA) is 84.7 Å². The number of carbonyl (C=O) groups is 1. The molecule has 152 valence electrons. The number of ether oxygens (including phenoxy) is 1. The van der Waals surface area contributed by atoms with Gasteiger partial charge in [0.25, 0.3) is 11.6 Å². The summed E-state index contributed by atoms with van der Waals surface area (Å²) in [6.07, 6.45) is 2.82. The van der Waals surface area contributed by atoms with Crippen LogP contribution in [-0.4, -0.2) is 30.5 Å². The van der Waals surface area contributed by atoms with Crippen LogP contribution in [0, 0.1) is 16.0 Å². The van der Waals surface area contributed by atoms with Crippen LogP contribution in [0.5, 0.6) is 5.75 Å². The summed E-state index contributed by atoms with van der Waals surface area (Å²) in [5.41, 5.74) is 1.81. The number of nitro groups is 1. The molecule has 29 heavy (non-hydrogen) atoms. The number of nitrogens with zero attached hydrogens (tertiary/aromatic N) is 2. The zero-order valence-electron chi connectivity index (χ0n) is 16.5. The molecule has 0 unspecified atom stereocenters. The van der Waals surface area contributed by atoms with E-state index in [1.807, 2.05) is 24.3 Å². The van der Waals surface area contributed by atoms with E-state index in [1.54, 1.807) is 12.1 Å². The third-order valence-electron chi connectivity index (χ3n) is 5.70. The number of rotatable bonds is 4. The van der Waals surface area contributed by atoms with E-state index < -0.39 is 4.92 Å². The molecule has 2 atom stereocenters. The van der Waals surface area contributed by atoms with Crippen molar-refractivity contribution < 1.29 is 14.5 Å². The van der Waals surface area contributed by atoms with Gasteiger partial charge in [-0.3, -0.25) is 14.9 Å². The van der Waals surface area contributed by atoms with Gasteiger partial charge in [-0.2, -0.15) is 0 Å². The van der Waals surface area contributed by atoms with Crippen molar-refractivity contribution in [1.29, 1.82) is 0 Å². The molecule has 1 amide bonds. The Kier molecular flexibility index (Phi) is 5.38. The molecular formula is C22H25N3O4. The van der Waals surface area contributed by atoms with Crippen LogP contribution in [0.25, 0.3) is 0 Å². The number of carbonyl (C=O) groups excluding carboxylic acids is 1. The number of para-hydroxylation sites is 1. The summed E-state index contributed by atoms with van der Waals surface area (Å²) in [7, 11) is 0. The van der Waals surface area contributed by atoms with Crippen LogP contribution in [0.2, 0.25) is 0 Å². The normalized spacial score (nSPS) is 21.1. The van der Waals surface area contributed by atoms with Gasteiger partial charge in [0.2, 0.25) is 0 Å².